The number of aliphatic hydroxyl groups is 2. The zero-order valence-corrected chi connectivity index (χ0v) is 15.6. The van der Waals surface area contributed by atoms with Crippen LogP contribution in [-0.2, 0) is 0 Å². The van der Waals surface area contributed by atoms with Crippen molar-refractivity contribution < 1.29 is 10.2 Å². The first-order valence-corrected chi connectivity index (χ1v) is 9.84. The first-order chi connectivity index (χ1) is 11.1. The summed E-state index contributed by atoms with van der Waals surface area (Å²) in [7, 11) is 0. The predicted molar refractivity (Wildman–Crippen MR) is 101 cm³/mol. The van der Waals surface area contributed by atoms with Crippen molar-refractivity contribution in [2.45, 2.75) is 109 Å². The molecule has 0 rings (SSSR count). The normalized spacial score (nSPS) is 14.9. The van der Waals surface area contributed by atoms with E-state index < -0.39 is 6.10 Å². The van der Waals surface area contributed by atoms with Gasteiger partial charge in [-0.05, 0) is 31.8 Å². The molecule has 0 spiro atoms. The van der Waals surface area contributed by atoms with E-state index >= 15 is 0 Å². The Morgan fingerprint density at radius 2 is 1.39 bits per heavy atom. The van der Waals surface area contributed by atoms with Crippen LogP contribution in [0.25, 0.3) is 0 Å². The van der Waals surface area contributed by atoms with Crippen molar-refractivity contribution in [3.8, 4) is 0 Å². The monoisotopic (exact) mass is 327 g/mol. The molecule has 2 atom stereocenters. The van der Waals surface area contributed by atoms with Crippen LogP contribution in [0.2, 0.25) is 0 Å². The van der Waals surface area contributed by atoms with E-state index in [0.29, 0.717) is 6.42 Å². The molecule has 0 aliphatic heterocycles. The van der Waals surface area contributed by atoms with Crippen molar-refractivity contribution in [3.05, 3.63) is 11.6 Å². The fourth-order valence-electron chi connectivity index (χ4n) is 2.90. The summed E-state index contributed by atoms with van der Waals surface area (Å²) in [4.78, 5) is 0. The second-order valence-corrected chi connectivity index (χ2v) is 6.89. The van der Waals surface area contributed by atoms with Crippen molar-refractivity contribution in [2.24, 2.45) is 5.73 Å². The van der Waals surface area contributed by atoms with Crippen LogP contribution in [0.4, 0.5) is 0 Å². The quantitative estimate of drug-likeness (QED) is 0.284. The van der Waals surface area contributed by atoms with Crippen molar-refractivity contribution in [1.29, 1.82) is 0 Å². The van der Waals surface area contributed by atoms with Gasteiger partial charge in [-0.3, -0.25) is 0 Å². The Bertz CT molecular complexity index is 279. The SMILES string of the molecule is CCCCCCCCCCCCC/C=C(/C)[C@H](O)[C@H](N)CCO. The third-order valence-corrected chi connectivity index (χ3v) is 4.61. The Morgan fingerprint density at radius 1 is 0.913 bits per heavy atom. The molecular weight excluding hydrogens is 286 g/mol. The summed E-state index contributed by atoms with van der Waals surface area (Å²) in [6.07, 6.45) is 17.9. The van der Waals surface area contributed by atoms with Crippen LogP contribution in [0.1, 0.15) is 97.3 Å². The van der Waals surface area contributed by atoms with Gasteiger partial charge in [0.25, 0.3) is 0 Å². The lowest BCUT2D eigenvalue weighted by molar-refractivity contribution is 0.157. The van der Waals surface area contributed by atoms with Crippen molar-refractivity contribution in [1.82, 2.24) is 0 Å². The highest BCUT2D eigenvalue weighted by Gasteiger charge is 2.15. The van der Waals surface area contributed by atoms with Gasteiger partial charge in [0.2, 0.25) is 0 Å². The summed E-state index contributed by atoms with van der Waals surface area (Å²) in [6.45, 7) is 4.23. The van der Waals surface area contributed by atoms with Gasteiger partial charge in [-0.2, -0.15) is 0 Å². The molecule has 23 heavy (non-hydrogen) atoms. The molecule has 0 saturated heterocycles. The average Bonchev–Trinajstić information content (AvgIpc) is 2.55. The zero-order valence-electron chi connectivity index (χ0n) is 15.6. The summed E-state index contributed by atoms with van der Waals surface area (Å²) < 4.78 is 0. The molecule has 0 amide bonds. The molecular formula is C20H41NO2. The molecule has 0 saturated carbocycles. The van der Waals surface area contributed by atoms with Gasteiger partial charge in [-0.1, -0.05) is 77.2 Å². The minimum Gasteiger partial charge on any atom is -0.396 e. The number of hydrogen-bond donors (Lipinski definition) is 3. The number of allylic oxidation sites excluding steroid dienone is 1. The van der Waals surface area contributed by atoms with Gasteiger partial charge >= 0.3 is 0 Å². The molecule has 4 N–H and O–H groups in total. The van der Waals surface area contributed by atoms with E-state index in [1.165, 1.54) is 70.6 Å². The van der Waals surface area contributed by atoms with Gasteiger partial charge in [0.15, 0.2) is 0 Å². The van der Waals surface area contributed by atoms with Crippen LogP contribution in [0, 0.1) is 0 Å². The van der Waals surface area contributed by atoms with Gasteiger partial charge in [-0.15, -0.1) is 0 Å². The van der Waals surface area contributed by atoms with E-state index in [9.17, 15) is 5.11 Å². The molecule has 3 heteroatoms. The maximum atomic E-state index is 9.99. The van der Waals surface area contributed by atoms with Crippen molar-refractivity contribution in [3.63, 3.8) is 0 Å². The molecule has 0 aromatic carbocycles. The molecule has 3 nitrogen and oxygen atoms in total. The molecule has 0 aromatic rings. The number of rotatable bonds is 16. The molecule has 0 unspecified atom stereocenters. The second kappa shape index (κ2) is 16.5. The van der Waals surface area contributed by atoms with Gasteiger partial charge in [0.05, 0.1) is 6.10 Å². The van der Waals surface area contributed by atoms with E-state index in [2.05, 4.69) is 13.0 Å². The van der Waals surface area contributed by atoms with Crippen molar-refractivity contribution in [2.75, 3.05) is 6.61 Å². The van der Waals surface area contributed by atoms with Crippen molar-refractivity contribution >= 4 is 0 Å². The van der Waals surface area contributed by atoms with E-state index in [1.54, 1.807) is 0 Å². The molecule has 0 fully saturated rings. The smallest absolute Gasteiger partial charge is 0.0899 e. The number of nitrogens with two attached hydrogens (primary N) is 1. The highest BCUT2D eigenvalue weighted by molar-refractivity contribution is 5.07. The maximum absolute atomic E-state index is 9.99. The van der Waals surface area contributed by atoms with Crippen LogP contribution in [-0.4, -0.2) is 29.0 Å². The Hall–Kier alpha value is -0.380. The summed E-state index contributed by atoms with van der Waals surface area (Å²) in [5.74, 6) is 0. The molecule has 0 aliphatic carbocycles. The van der Waals surface area contributed by atoms with Crippen LogP contribution in [0.3, 0.4) is 0 Å². The number of hydrogen-bond acceptors (Lipinski definition) is 3. The molecule has 0 aromatic heterocycles. The summed E-state index contributed by atoms with van der Waals surface area (Å²) in [5.41, 5.74) is 6.76. The highest BCUT2D eigenvalue weighted by atomic mass is 16.3. The van der Waals surface area contributed by atoms with E-state index in [0.717, 1.165) is 12.0 Å². The summed E-state index contributed by atoms with van der Waals surface area (Å²) in [5, 5.41) is 18.8. The van der Waals surface area contributed by atoms with Crippen LogP contribution < -0.4 is 5.73 Å². The van der Waals surface area contributed by atoms with Gasteiger partial charge in [0, 0.05) is 12.6 Å². The van der Waals surface area contributed by atoms with Crippen LogP contribution in [0.15, 0.2) is 11.6 Å². The van der Waals surface area contributed by atoms with Crippen LogP contribution >= 0.6 is 0 Å². The van der Waals surface area contributed by atoms with E-state index in [-0.39, 0.29) is 12.6 Å². The van der Waals surface area contributed by atoms with Gasteiger partial charge in [-0.25, -0.2) is 0 Å². The van der Waals surface area contributed by atoms with Gasteiger partial charge < -0.3 is 15.9 Å². The third-order valence-electron chi connectivity index (χ3n) is 4.61. The van der Waals surface area contributed by atoms with Gasteiger partial charge in [0.1, 0.15) is 0 Å². The fraction of sp³-hybridized carbons (Fsp3) is 0.900. The lowest BCUT2D eigenvalue weighted by atomic mass is 10.00. The molecule has 0 aliphatic rings. The first-order valence-electron chi connectivity index (χ1n) is 9.84. The Kier molecular flexibility index (Phi) is 16.2. The molecule has 138 valence electrons. The Balaban J connectivity index is 3.45. The molecule has 0 heterocycles. The standard InChI is InChI=1S/C20H41NO2/c1-3-4-5-6-7-8-9-10-11-12-13-14-15-18(2)20(23)19(21)16-17-22/h15,19-20,22-23H,3-14,16-17,21H2,1-2H3/b18-15-/t19-,20+/m1/s1. The Morgan fingerprint density at radius 3 is 1.87 bits per heavy atom. The van der Waals surface area contributed by atoms with E-state index in [1.807, 2.05) is 6.92 Å². The number of aliphatic hydroxyl groups excluding tert-OH is 2. The minimum absolute atomic E-state index is 0.0319. The summed E-state index contributed by atoms with van der Waals surface area (Å²) in [6, 6.07) is -0.353. The first kappa shape index (κ1) is 22.6. The Labute approximate surface area is 144 Å². The predicted octanol–water partition coefficient (Wildman–Crippen LogP) is 4.70. The zero-order chi connectivity index (χ0) is 17.3. The minimum atomic E-state index is -0.616. The largest absolute Gasteiger partial charge is 0.396 e. The molecule has 0 radical (unpaired) electrons. The van der Waals surface area contributed by atoms with Crippen LogP contribution in [0.5, 0.6) is 0 Å². The average molecular weight is 328 g/mol. The molecule has 0 bridgehead atoms. The van der Waals surface area contributed by atoms with E-state index in [4.69, 9.17) is 10.8 Å². The maximum Gasteiger partial charge on any atom is 0.0899 e. The third kappa shape index (κ3) is 13.7. The fourth-order valence-corrected chi connectivity index (χ4v) is 2.90. The second-order valence-electron chi connectivity index (χ2n) is 6.89. The lowest BCUT2D eigenvalue weighted by Crippen LogP contribution is -2.36. The number of unbranched alkanes of at least 4 members (excludes halogenated alkanes) is 11. The highest BCUT2D eigenvalue weighted by Crippen LogP contribution is 2.13. The topological polar surface area (TPSA) is 66.5 Å². The lowest BCUT2D eigenvalue weighted by Gasteiger charge is -2.18. The summed E-state index contributed by atoms with van der Waals surface area (Å²) >= 11 is 0.